The zero-order chi connectivity index (χ0) is 90.6. The number of aliphatic hydroxyl groups excluding tert-OH is 8. The zero-order valence-electron chi connectivity index (χ0n) is 74.4. The number of unbranched alkanes of at least 4 members (excludes halogenated alkanes) is 1. The van der Waals surface area contributed by atoms with Crippen LogP contribution in [0.1, 0.15) is 232 Å². The summed E-state index contributed by atoms with van der Waals surface area (Å²) < 4.78 is 82.3. The van der Waals surface area contributed by atoms with E-state index in [1.165, 1.54) is 36.5 Å². The molecule has 9 N–H and O–H groups in total. The van der Waals surface area contributed by atoms with Crippen LogP contribution in [0.4, 0.5) is 13.2 Å². The van der Waals surface area contributed by atoms with E-state index in [1.807, 2.05) is 33.8 Å². The van der Waals surface area contributed by atoms with E-state index in [2.05, 4.69) is 20.8 Å². The van der Waals surface area contributed by atoms with Gasteiger partial charge >= 0.3 is 5.97 Å². The van der Waals surface area contributed by atoms with Crippen LogP contribution < -0.4 is 0 Å². The Hall–Kier alpha value is -5.98. The molecule has 3 unspecified atom stereocenters. The average Bonchev–Trinajstić information content (AvgIpc) is 1.48. The van der Waals surface area contributed by atoms with Crippen LogP contribution >= 0.6 is 0 Å². The molecule has 0 amide bonds. The van der Waals surface area contributed by atoms with Crippen molar-refractivity contribution >= 4 is 52.2 Å². The number of hydrogen-bond acceptors (Lipinski definition) is 23. The van der Waals surface area contributed by atoms with Crippen LogP contribution in [0.3, 0.4) is 0 Å². The second-order valence-corrected chi connectivity index (χ2v) is 42.7. The van der Waals surface area contributed by atoms with Crippen molar-refractivity contribution in [1.82, 2.24) is 0 Å². The fourth-order valence-corrected chi connectivity index (χ4v) is 31.4. The van der Waals surface area contributed by atoms with Crippen LogP contribution in [0.15, 0.2) is 95.2 Å². The monoisotopic (exact) mass is 1730 g/mol. The molecule has 18 rings (SSSR count). The van der Waals surface area contributed by atoms with Gasteiger partial charge < -0.3 is 69.6 Å². The van der Waals surface area contributed by atoms with E-state index in [4.69, 9.17) is 23.7 Å². The maximum absolute atomic E-state index is 17.3. The lowest BCUT2D eigenvalue weighted by Crippen LogP contribution is -2.70. The highest BCUT2D eigenvalue weighted by Crippen LogP contribution is 2.77. The maximum atomic E-state index is 17.3. The predicted octanol–water partition coefficient (Wildman–Crippen LogP) is 10.7. The van der Waals surface area contributed by atoms with Crippen LogP contribution in [0.2, 0.25) is 0 Å². The molecule has 682 valence electrons. The quantitative estimate of drug-likeness (QED) is 0.0730. The summed E-state index contributed by atoms with van der Waals surface area (Å²) >= 11 is 0. The Bertz CT molecular complexity index is 4690. The smallest absolute Gasteiger partial charge is 0.306 e. The minimum absolute atomic E-state index is 0.0109. The number of hydrogen-bond donors (Lipinski definition) is 9. The normalized spacial score (nSPS) is 49.9. The molecule has 0 aromatic heterocycles. The molecule has 124 heavy (non-hydrogen) atoms. The Kier molecular flexibility index (Phi) is 23.3. The lowest BCUT2D eigenvalue weighted by Gasteiger charge is -2.62. The third-order valence-corrected chi connectivity index (χ3v) is 37.1. The number of ketones is 8. The van der Waals surface area contributed by atoms with Gasteiger partial charge in [-0.05, 0) is 234 Å². The summed E-state index contributed by atoms with van der Waals surface area (Å²) in [7, 11) is 0. The molecule has 33 atom stereocenters. The van der Waals surface area contributed by atoms with Crippen molar-refractivity contribution < 1.29 is 126 Å². The van der Waals surface area contributed by atoms with E-state index >= 15 is 13.2 Å². The van der Waals surface area contributed by atoms with Gasteiger partial charge in [-0.1, -0.05) is 122 Å². The van der Waals surface area contributed by atoms with Gasteiger partial charge in [0, 0.05) is 79.3 Å². The van der Waals surface area contributed by atoms with Crippen molar-refractivity contribution in [3.05, 3.63) is 95.2 Å². The predicted molar refractivity (Wildman–Crippen MR) is 445 cm³/mol. The van der Waals surface area contributed by atoms with Gasteiger partial charge in [-0.2, -0.15) is 0 Å². The number of aliphatic hydroxyl groups is 9. The number of carbonyl (C=O) groups excluding carboxylic acids is 9. The SMILES string of the molecule is CC1(C)O[C@@H]2C[C@H]3[C@@H]4CCC5=CC(=O)C=C[C@]5(C)[C@@]4(F)[C@@H](O)C[C@]3(C)[C@]2(C(=O)CO)O1.CCCC1O[C@@H]2C[C@H]3C4CCC5=CC(=O)C=C[C@]5(C)[C@H]4[C@@H](O)C[C@]3(C)[C@]2(C(=O)CO)O1.CCCCC(=O)O[C@]1(C(=O)CO)[C@@H](C)C[C@H]2[C@@H]3CCC4=CC(=O)C=C[C@]4(C)[C@@]3(F)[C@@H](O)C[C@@]21C.C[C@@H]1C[C@H]2C3CCC4=CC(=O)C=C[C@]4(C)[C@@]3(F)[C@@H](O)C[C@]2(C)[C@@]1(O)C(=O)CO. The molecule has 0 radical (unpaired) electrons. The van der Waals surface area contributed by atoms with Crippen molar-refractivity contribution in [2.75, 3.05) is 26.4 Å². The topological polar surface area (TPSA) is 382 Å². The molecule has 2 aliphatic heterocycles. The lowest BCUT2D eigenvalue weighted by molar-refractivity contribution is -0.246. The van der Waals surface area contributed by atoms with E-state index < -0.39 is 205 Å². The van der Waals surface area contributed by atoms with Crippen molar-refractivity contribution in [2.45, 2.75) is 320 Å². The number of carbonyl (C=O) groups is 9. The number of fused-ring (bicyclic) bond motifs is 24. The van der Waals surface area contributed by atoms with Gasteiger partial charge in [0.05, 0.1) is 36.6 Å². The molecule has 23 nitrogen and oxygen atoms in total. The molecule has 12 saturated carbocycles. The summed E-state index contributed by atoms with van der Waals surface area (Å²) in [5, 5.41) is 95.9. The van der Waals surface area contributed by atoms with Crippen molar-refractivity contribution in [3.8, 4) is 0 Å². The van der Waals surface area contributed by atoms with Crippen molar-refractivity contribution in [2.24, 2.45) is 108 Å². The number of rotatable bonds is 14. The van der Waals surface area contributed by atoms with Crippen molar-refractivity contribution in [1.29, 1.82) is 0 Å². The maximum Gasteiger partial charge on any atom is 0.306 e. The van der Waals surface area contributed by atoms with Crippen LogP contribution in [-0.2, 0) is 66.8 Å². The van der Waals surface area contributed by atoms with Crippen LogP contribution in [0, 0.1) is 108 Å². The van der Waals surface area contributed by atoms with E-state index in [0.717, 1.165) is 36.8 Å². The van der Waals surface area contributed by atoms with Gasteiger partial charge in [0.1, 0.15) is 32.0 Å². The standard InChI is InChI=1S/C27H37FO6.C25H34O6.C24H31FO6.C22H29FO5/c1-5-6-7-23(33)34-27(22(32)15-29)16(2)12-20-19-9-8-17-13-18(30)10-11-24(17,3)26(19,28)21(31)14-25(20,27)4;1-4-5-21-30-20-11-17-16-7-6-14-10-15(27)8-9-23(14,2)22(16)18(28)12-24(17,3)25(20,31-21)19(29)13-26;1-20(2)30-19-10-16-15-6-5-13-9-14(27)7-8-21(13,3)23(15,25)17(28)11-22(16,4)24(19,31-20)18(29)12-26;1-12-8-16-15-5-4-13-9-14(25)6-7-19(13,2)21(15,23)17(26)10-20(16,3)22(12,28)18(27)11-24/h10-11,13,16,19-21,29,31H,5-9,12,14-15H2,1-4H3;8-10,16-18,20-22,26,28H,4-7,11-13H2,1-3H3;7-9,15-17,19,26,28H,5-6,10-12H2,1-4H3;6-7,9,12,15-17,24,26,28H,4-5,8,10-11H2,1-3H3/t16-,19-,20-,21-,24-,25-,26-,27-;16?,17-,18-,20+,21?,22+,23-,24-,25+;15-,16-,17-,19+,21-,22-,23-,24+;12-,15?,16+,17+,19+,20+,21+,22+/m0001/s1. The Labute approximate surface area is 724 Å². The first-order valence-corrected chi connectivity index (χ1v) is 45.7. The highest BCUT2D eigenvalue weighted by atomic mass is 19.2. The Morgan fingerprint density at radius 3 is 1.37 bits per heavy atom. The lowest BCUT2D eigenvalue weighted by atomic mass is 9.44. The van der Waals surface area contributed by atoms with Crippen LogP contribution in [-0.4, -0.2) is 213 Å². The third-order valence-electron chi connectivity index (χ3n) is 37.1. The largest absolute Gasteiger partial charge is 0.450 e. The third kappa shape index (κ3) is 12.2. The fraction of sp³-hybridized carbons (Fsp3) is 0.745. The number of esters is 1. The van der Waals surface area contributed by atoms with Gasteiger partial charge in [0.15, 0.2) is 86.4 Å². The number of Topliss-reactive ketones (excluding diaryl/α,β-unsaturated/α-hetero) is 4. The summed E-state index contributed by atoms with van der Waals surface area (Å²) in [6, 6.07) is 0. The summed E-state index contributed by atoms with van der Waals surface area (Å²) in [5.41, 5.74) is -16.0. The summed E-state index contributed by atoms with van der Waals surface area (Å²) in [5.74, 6) is -7.17. The Morgan fingerprint density at radius 1 is 0.468 bits per heavy atom. The molecule has 16 aliphatic carbocycles. The van der Waals surface area contributed by atoms with E-state index in [0.29, 0.717) is 94.6 Å². The molecule has 0 aromatic rings. The molecule has 2 heterocycles. The highest BCUT2D eigenvalue weighted by Gasteiger charge is 2.83. The Balaban J connectivity index is 0.000000128. The van der Waals surface area contributed by atoms with E-state index in [1.54, 1.807) is 78.8 Å². The average molecular weight is 1730 g/mol. The summed E-state index contributed by atoms with van der Waals surface area (Å²) in [6.45, 7) is 23.1. The molecular weight excluding hydrogens is 1600 g/mol. The second-order valence-electron chi connectivity index (χ2n) is 42.7. The number of halogens is 3. The van der Waals surface area contributed by atoms with Crippen LogP contribution in [0.25, 0.3) is 0 Å². The second kappa shape index (κ2) is 31.1. The summed E-state index contributed by atoms with van der Waals surface area (Å²) in [6.07, 6.45) is 22.7. The van der Waals surface area contributed by atoms with Gasteiger partial charge in [-0.3, -0.25) is 43.2 Å². The summed E-state index contributed by atoms with van der Waals surface area (Å²) in [4.78, 5) is 113. The van der Waals surface area contributed by atoms with Gasteiger partial charge in [-0.25, -0.2) is 13.2 Å². The molecule has 0 bridgehead atoms. The van der Waals surface area contributed by atoms with E-state index in [9.17, 15) is 89.1 Å². The van der Waals surface area contributed by atoms with E-state index in [-0.39, 0.29) is 95.5 Å². The minimum atomic E-state index is -2.03. The van der Waals surface area contributed by atoms with Gasteiger partial charge in [0.2, 0.25) is 5.78 Å². The first kappa shape index (κ1) is 92.7. The van der Waals surface area contributed by atoms with Crippen molar-refractivity contribution in [3.63, 3.8) is 0 Å². The molecular formula is C98H131F3O23. The molecule has 26 heteroatoms. The number of alkyl halides is 3. The molecule has 0 spiro atoms. The van der Waals surface area contributed by atoms with Crippen LogP contribution in [0.5, 0.6) is 0 Å². The first-order chi connectivity index (χ1) is 57.9. The first-order valence-electron chi connectivity index (χ1n) is 45.7. The molecule has 18 aliphatic rings. The molecule has 14 fully saturated rings. The Morgan fingerprint density at radius 2 is 0.887 bits per heavy atom. The molecule has 2 saturated heterocycles. The zero-order valence-corrected chi connectivity index (χ0v) is 74.4. The fourth-order valence-electron chi connectivity index (χ4n) is 31.4. The number of ether oxygens (including phenoxy) is 5. The van der Waals surface area contributed by atoms with Gasteiger partial charge in [0.25, 0.3) is 0 Å². The molecule has 0 aromatic carbocycles. The van der Waals surface area contributed by atoms with Gasteiger partial charge in [-0.15, -0.1) is 0 Å². The highest BCUT2D eigenvalue weighted by molar-refractivity contribution is 6.03. The minimum Gasteiger partial charge on any atom is -0.450 e. The number of allylic oxidation sites excluding steroid dienone is 16.